The van der Waals surface area contributed by atoms with Gasteiger partial charge in [-0.3, -0.25) is 0 Å². The molecule has 2 rings (SSSR count). The van der Waals surface area contributed by atoms with E-state index in [-0.39, 0.29) is 12.0 Å². The molecule has 1 aromatic carbocycles. The smallest absolute Gasteiger partial charge is 0.0909 e. The monoisotopic (exact) mass is 204 g/mol. The zero-order valence-corrected chi connectivity index (χ0v) is 8.98. The van der Waals surface area contributed by atoms with Crippen LogP contribution in [-0.2, 0) is 9.47 Å². The molecular formula is C13H16O2. The average Bonchev–Trinajstić information content (AvgIpc) is 2.68. The fraction of sp³-hybridized carbons (Fsp3) is 0.385. The van der Waals surface area contributed by atoms with Crippen LogP contribution >= 0.6 is 0 Å². The van der Waals surface area contributed by atoms with E-state index in [0.29, 0.717) is 13.2 Å². The summed E-state index contributed by atoms with van der Waals surface area (Å²) >= 11 is 0. The Labute approximate surface area is 90.5 Å². The molecule has 80 valence electrons. The van der Waals surface area contributed by atoms with Crippen molar-refractivity contribution in [3.63, 3.8) is 0 Å². The first-order valence-corrected chi connectivity index (χ1v) is 5.16. The Balaban J connectivity index is 2.20. The third kappa shape index (κ3) is 2.11. The first-order valence-electron chi connectivity index (χ1n) is 5.16. The van der Waals surface area contributed by atoms with Gasteiger partial charge in [-0.05, 0) is 11.1 Å². The Hall–Kier alpha value is -1.12. The lowest BCUT2D eigenvalue weighted by Crippen LogP contribution is -2.16. The Morgan fingerprint density at radius 1 is 1.40 bits per heavy atom. The van der Waals surface area contributed by atoms with Gasteiger partial charge >= 0.3 is 0 Å². The minimum atomic E-state index is 0.0706. The van der Waals surface area contributed by atoms with Gasteiger partial charge in [0.15, 0.2) is 0 Å². The average molecular weight is 204 g/mol. The normalized spacial score (nSPS) is 23.0. The molecule has 0 aliphatic carbocycles. The first-order chi connectivity index (χ1) is 7.33. The third-order valence-electron chi connectivity index (χ3n) is 2.86. The van der Waals surface area contributed by atoms with Crippen LogP contribution in [0.3, 0.4) is 0 Å². The van der Waals surface area contributed by atoms with Crippen molar-refractivity contribution in [1.82, 2.24) is 0 Å². The summed E-state index contributed by atoms with van der Waals surface area (Å²) < 4.78 is 10.9. The highest BCUT2D eigenvalue weighted by molar-refractivity contribution is 5.22. The molecule has 1 aromatic rings. The zero-order chi connectivity index (χ0) is 10.7. The van der Waals surface area contributed by atoms with E-state index in [1.165, 1.54) is 5.56 Å². The molecule has 1 fully saturated rings. The van der Waals surface area contributed by atoms with Gasteiger partial charge in [0, 0.05) is 13.0 Å². The molecule has 1 aliphatic heterocycles. The van der Waals surface area contributed by atoms with Crippen molar-refractivity contribution in [1.29, 1.82) is 0 Å². The largest absolute Gasteiger partial charge is 0.376 e. The summed E-state index contributed by atoms with van der Waals surface area (Å²) in [5, 5.41) is 0. The standard InChI is InChI=1S/C13H16O2/c1-10-8-15-9-12(10)13(14-2)11-6-4-3-5-7-11/h3-7,12-13H,1,8-9H2,2H3/t12-,13-/m0/s1. The molecule has 0 spiro atoms. The van der Waals surface area contributed by atoms with Crippen molar-refractivity contribution in [2.45, 2.75) is 6.10 Å². The molecule has 0 N–H and O–H groups in total. The van der Waals surface area contributed by atoms with Crippen molar-refractivity contribution >= 4 is 0 Å². The van der Waals surface area contributed by atoms with E-state index in [0.717, 1.165) is 5.57 Å². The van der Waals surface area contributed by atoms with Crippen LogP contribution < -0.4 is 0 Å². The fourth-order valence-corrected chi connectivity index (χ4v) is 2.02. The Morgan fingerprint density at radius 2 is 2.13 bits per heavy atom. The molecule has 0 radical (unpaired) electrons. The summed E-state index contributed by atoms with van der Waals surface area (Å²) in [5.41, 5.74) is 2.32. The van der Waals surface area contributed by atoms with Gasteiger partial charge in [0.2, 0.25) is 0 Å². The van der Waals surface area contributed by atoms with Crippen LogP contribution in [0.2, 0.25) is 0 Å². The van der Waals surface area contributed by atoms with Crippen LogP contribution in [0, 0.1) is 5.92 Å². The highest BCUT2D eigenvalue weighted by atomic mass is 16.5. The molecule has 2 atom stereocenters. The zero-order valence-electron chi connectivity index (χ0n) is 8.98. The molecule has 15 heavy (non-hydrogen) atoms. The molecule has 0 bridgehead atoms. The van der Waals surface area contributed by atoms with Crippen LogP contribution in [0.4, 0.5) is 0 Å². The highest BCUT2D eigenvalue weighted by Gasteiger charge is 2.29. The van der Waals surface area contributed by atoms with Gasteiger partial charge in [0.1, 0.15) is 0 Å². The summed E-state index contributed by atoms with van der Waals surface area (Å²) in [6.45, 7) is 5.40. The maximum atomic E-state index is 5.55. The van der Waals surface area contributed by atoms with E-state index < -0.39 is 0 Å². The Kier molecular flexibility index (Phi) is 3.19. The van der Waals surface area contributed by atoms with Crippen LogP contribution in [0.15, 0.2) is 42.5 Å². The van der Waals surface area contributed by atoms with Gasteiger partial charge in [-0.2, -0.15) is 0 Å². The predicted octanol–water partition coefficient (Wildman–Crippen LogP) is 2.58. The summed E-state index contributed by atoms with van der Waals surface area (Å²) in [6.07, 6.45) is 0.0706. The molecule has 0 unspecified atom stereocenters. The van der Waals surface area contributed by atoms with Crippen molar-refractivity contribution in [2.24, 2.45) is 5.92 Å². The number of rotatable bonds is 3. The lowest BCUT2D eigenvalue weighted by Gasteiger charge is -2.22. The van der Waals surface area contributed by atoms with Crippen molar-refractivity contribution in [3.8, 4) is 0 Å². The van der Waals surface area contributed by atoms with Gasteiger partial charge < -0.3 is 9.47 Å². The van der Waals surface area contributed by atoms with E-state index in [2.05, 4.69) is 18.7 Å². The van der Waals surface area contributed by atoms with Gasteiger partial charge in [0.25, 0.3) is 0 Å². The van der Waals surface area contributed by atoms with Crippen LogP contribution in [0.1, 0.15) is 11.7 Å². The molecule has 2 heteroatoms. The van der Waals surface area contributed by atoms with Crippen molar-refractivity contribution in [3.05, 3.63) is 48.0 Å². The van der Waals surface area contributed by atoms with Crippen molar-refractivity contribution in [2.75, 3.05) is 20.3 Å². The second-order valence-corrected chi connectivity index (χ2v) is 3.85. The third-order valence-corrected chi connectivity index (χ3v) is 2.86. The van der Waals surface area contributed by atoms with Crippen LogP contribution in [0.5, 0.6) is 0 Å². The van der Waals surface area contributed by atoms with E-state index >= 15 is 0 Å². The molecular weight excluding hydrogens is 188 g/mol. The summed E-state index contributed by atoms with van der Waals surface area (Å²) in [5.74, 6) is 0.289. The molecule has 1 saturated heterocycles. The van der Waals surface area contributed by atoms with Gasteiger partial charge in [-0.15, -0.1) is 0 Å². The first kappa shape index (κ1) is 10.4. The van der Waals surface area contributed by atoms with E-state index in [4.69, 9.17) is 9.47 Å². The number of hydrogen-bond donors (Lipinski definition) is 0. The SMILES string of the molecule is C=C1COC[C@@H]1[C@@H](OC)c1ccccc1. The minimum Gasteiger partial charge on any atom is -0.376 e. The second kappa shape index (κ2) is 4.60. The molecule has 2 nitrogen and oxygen atoms in total. The van der Waals surface area contributed by atoms with Gasteiger partial charge in [-0.1, -0.05) is 36.9 Å². The summed E-state index contributed by atoms with van der Waals surface area (Å²) in [4.78, 5) is 0. The molecule has 1 heterocycles. The fourth-order valence-electron chi connectivity index (χ4n) is 2.02. The van der Waals surface area contributed by atoms with Crippen LogP contribution in [0.25, 0.3) is 0 Å². The van der Waals surface area contributed by atoms with E-state index in [9.17, 15) is 0 Å². The Bertz CT molecular complexity index is 332. The summed E-state index contributed by atoms with van der Waals surface area (Å²) in [6, 6.07) is 10.2. The van der Waals surface area contributed by atoms with Crippen LogP contribution in [-0.4, -0.2) is 20.3 Å². The quantitative estimate of drug-likeness (QED) is 0.704. The van der Waals surface area contributed by atoms with E-state index in [1.807, 2.05) is 18.2 Å². The number of methoxy groups -OCH3 is 1. The topological polar surface area (TPSA) is 18.5 Å². The van der Waals surface area contributed by atoms with Gasteiger partial charge in [0.05, 0.1) is 19.3 Å². The van der Waals surface area contributed by atoms with Crippen molar-refractivity contribution < 1.29 is 9.47 Å². The lowest BCUT2D eigenvalue weighted by molar-refractivity contribution is 0.0509. The molecule has 0 saturated carbocycles. The lowest BCUT2D eigenvalue weighted by atomic mass is 9.92. The molecule has 0 amide bonds. The van der Waals surface area contributed by atoms with E-state index in [1.54, 1.807) is 7.11 Å². The predicted molar refractivity (Wildman–Crippen MR) is 59.6 cm³/mol. The highest BCUT2D eigenvalue weighted by Crippen LogP contribution is 2.33. The second-order valence-electron chi connectivity index (χ2n) is 3.85. The Morgan fingerprint density at radius 3 is 2.67 bits per heavy atom. The molecule has 0 aromatic heterocycles. The maximum absolute atomic E-state index is 5.55. The molecule has 1 aliphatic rings. The summed E-state index contributed by atoms with van der Waals surface area (Å²) in [7, 11) is 1.74. The number of ether oxygens (including phenoxy) is 2. The maximum Gasteiger partial charge on any atom is 0.0909 e. The number of benzene rings is 1. The van der Waals surface area contributed by atoms with Gasteiger partial charge in [-0.25, -0.2) is 0 Å². The number of hydrogen-bond acceptors (Lipinski definition) is 2. The minimum absolute atomic E-state index is 0.0706.